The van der Waals surface area contributed by atoms with Gasteiger partial charge >= 0.3 is 67.7 Å². The average molecular weight is 2260 g/mol. The number of β-lactam (4-membered cyclic amide) rings is 5. The molecule has 2 aromatic carbocycles. The van der Waals surface area contributed by atoms with E-state index in [9.17, 15) is 92.0 Å². The summed E-state index contributed by atoms with van der Waals surface area (Å²) in [4.78, 5) is 131. The number of ether oxygens (including phenoxy) is 3. The zero-order valence-electron chi connectivity index (χ0n) is 89.7. The maximum atomic E-state index is 11.6. The topological polar surface area (TPSA) is 789 Å². The fourth-order valence-corrected chi connectivity index (χ4v) is 10.0. The minimum absolute atomic E-state index is 0. The number of amides is 6. The Morgan fingerprint density at radius 3 is 1.04 bits per heavy atom. The Morgan fingerprint density at radius 2 is 0.855 bits per heavy atom. The second kappa shape index (κ2) is 78.6. The van der Waals surface area contributed by atoms with Gasteiger partial charge in [0.1, 0.15) is 24.7 Å². The first kappa shape index (κ1) is 160. The number of aliphatic hydroxyl groups is 9. The Balaban J connectivity index is -0.000000133. The average Bonchev–Trinajstić information content (AvgIpc) is 0.745. The van der Waals surface area contributed by atoms with Crippen molar-refractivity contribution in [3.63, 3.8) is 0 Å². The second-order valence-corrected chi connectivity index (χ2v) is 38.0. The minimum Gasteiger partial charge on any atom is -1.00 e. The van der Waals surface area contributed by atoms with Gasteiger partial charge in [-0.05, 0) is 173 Å². The van der Waals surface area contributed by atoms with Crippen molar-refractivity contribution in [3.05, 3.63) is 110 Å². The Labute approximate surface area is 885 Å². The normalized spacial score (nSPS) is 18.3. The van der Waals surface area contributed by atoms with Crippen LogP contribution in [0.25, 0.3) is 0 Å². The van der Waals surface area contributed by atoms with Gasteiger partial charge in [0, 0.05) is 59.3 Å². The number of carboxylic acid groups (broad SMARTS) is 2. The molecule has 21 N–H and O–H groups in total. The van der Waals surface area contributed by atoms with Gasteiger partial charge in [0.2, 0.25) is 21.5 Å². The first-order valence-electron chi connectivity index (χ1n) is 43.5. The van der Waals surface area contributed by atoms with Crippen molar-refractivity contribution in [3.8, 4) is 0 Å². The number of nitrogens with zero attached hydrogens (tertiary/aromatic N) is 6. The first-order chi connectivity index (χ1) is 64.9. The molecule has 3 aromatic rings. The first-order valence-corrected chi connectivity index (χ1v) is 47.2. The third-order valence-electron chi connectivity index (χ3n) is 20.8. The zero-order valence-corrected chi connectivity index (χ0v) is 94.9. The molecule has 50 nitrogen and oxygen atoms in total. The summed E-state index contributed by atoms with van der Waals surface area (Å²) in [5, 5.41) is 104. The number of nitrogens with two attached hydrogens (primary N) is 3. The molecule has 57 heteroatoms. The number of carbonyl (C=O) groups excluding carboxylic acids is 9. The third kappa shape index (κ3) is 66.6. The zero-order chi connectivity index (χ0) is 115. The van der Waals surface area contributed by atoms with Crippen LogP contribution in [-0.2, 0) is 134 Å². The minimum atomic E-state index is -4.86. The molecule has 5 aliphatic heterocycles. The van der Waals surface area contributed by atoms with Gasteiger partial charge in [-0.1, -0.05) is 108 Å². The Kier molecular flexibility index (Phi) is 86.7. The predicted octanol–water partition coefficient (Wildman–Crippen LogP) is 0.224. The van der Waals surface area contributed by atoms with Crippen LogP contribution in [0.2, 0.25) is 0 Å². The Hall–Kier alpha value is -7.60. The van der Waals surface area contributed by atoms with Crippen molar-refractivity contribution >= 4 is 130 Å². The van der Waals surface area contributed by atoms with E-state index in [4.69, 9.17) is 98.4 Å². The number of alkyl halides is 1. The summed E-state index contributed by atoms with van der Waals surface area (Å²) in [6.45, 7) is 47.1. The van der Waals surface area contributed by atoms with Gasteiger partial charge in [-0.25, -0.2) is 24.0 Å². The van der Waals surface area contributed by atoms with Crippen LogP contribution in [0, 0.1) is 54.8 Å². The summed E-state index contributed by atoms with van der Waals surface area (Å²) in [7, 11) is -10.6. The summed E-state index contributed by atoms with van der Waals surface area (Å²) >= 11 is 4.64. The van der Waals surface area contributed by atoms with Gasteiger partial charge in [0.15, 0.2) is 0 Å². The Bertz CT molecular complexity index is 4260. The van der Waals surface area contributed by atoms with E-state index in [-0.39, 0.29) is 143 Å². The number of rotatable bonds is 26. The maximum Gasteiger partial charge on any atom is 2.00 e. The predicted molar refractivity (Wildman–Crippen MR) is 525 cm³/mol. The molecule has 0 saturated carbocycles. The number of aliphatic carboxylic acids is 2. The molecular formula is C88H162BrClFMgN10O40S3-. The van der Waals surface area contributed by atoms with Gasteiger partial charge in [0.25, 0.3) is 29.5 Å². The SMILES string of the molecule is CC(=O)Cl.CC1(C)[C@H](N)C(=O)N1OS(=O)(=O)O.CCOCC.CO.CO.COC(=O)[C@H](C)CO.COC(=O)[C@H](N)CO.C[C@@H]1C(=O)N(O)C1(C)C.C[C@@H]1C(=O)N(OCc2ccccc2)C1(C)C.C[C@@H]1C(=O)N(OS(=O)(=O)O)C1(C)C.C[C@@H]1C(=O)N(OS(=O)(=O)[O-])C1(C)C.C[C@H](C(=O)NOCc1ccccc1)C(C)(C)O.C[C@H](C(=O)O)C(C)(C)O.C[C@H](CO)C(C)(C)O.N[C@H](CO)C(=O)O.[2H]CF.[Br-].[CH3-].[Mg+2].c1ccncc1. The largest absolute Gasteiger partial charge is 2.00 e. The van der Waals surface area contributed by atoms with Crippen LogP contribution >= 0.6 is 11.6 Å². The van der Waals surface area contributed by atoms with E-state index in [2.05, 4.69) is 44.4 Å². The van der Waals surface area contributed by atoms with Gasteiger partial charge in [0.05, 0.1) is 135 Å². The summed E-state index contributed by atoms with van der Waals surface area (Å²) < 4.78 is 129. The van der Waals surface area contributed by atoms with Crippen molar-refractivity contribution in [2.75, 3.05) is 75.2 Å². The van der Waals surface area contributed by atoms with Crippen molar-refractivity contribution in [2.24, 2.45) is 64.5 Å². The van der Waals surface area contributed by atoms with E-state index in [1.807, 2.05) is 134 Å². The number of benzene rings is 2. The fraction of sp³-hybridized carbons (Fsp3) is 0.670. The van der Waals surface area contributed by atoms with Crippen LogP contribution in [0.15, 0.2) is 91.3 Å². The molecule has 0 aliphatic carbocycles. The van der Waals surface area contributed by atoms with E-state index in [1.165, 1.54) is 60.8 Å². The molecule has 5 saturated heterocycles. The van der Waals surface area contributed by atoms with E-state index < -0.39 is 144 Å². The quantitative estimate of drug-likeness (QED) is 0.00588. The van der Waals surface area contributed by atoms with Crippen LogP contribution in [0.4, 0.5) is 4.39 Å². The second-order valence-electron chi connectivity index (χ2n) is 34.4. The number of hydroxylamine groups is 11. The number of aliphatic hydroxyl groups excluding tert-OH is 6. The fourth-order valence-electron chi connectivity index (χ4n) is 8.69. The van der Waals surface area contributed by atoms with E-state index in [1.54, 1.807) is 102 Å². The van der Waals surface area contributed by atoms with Crippen LogP contribution in [0.5, 0.6) is 0 Å². The summed E-state index contributed by atoms with van der Waals surface area (Å²) in [6.07, 6.45) is 3.50. The molecule has 0 radical (unpaired) electrons. The molecular weight excluding hydrogens is 2090 g/mol. The molecule has 8 rings (SSSR count). The van der Waals surface area contributed by atoms with E-state index in [0.29, 0.717) is 28.4 Å². The number of methoxy groups -OCH3 is 2. The van der Waals surface area contributed by atoms with Crippen LogP contribution in [-0.4, -0.2) is 356 Å². The smallest absolute Gasteiger partial charge is 1.00 e. The standard InChI is InChI=1S/C13H19NO3.C13H17NO2.2C6H11NO5S.C6H11NO2.C6H12O3.C6H14O2.C5H10N2O5S.C5H5N.C5H10O3.C4H9NO3.C4H10O.C3H7NO3.C2H3ClO.CH3F.2CH4O.CH3.BrH.Mg/c1-10(13(2,3)16)12(15)14-17-9-11-7-5-4-6-8-11;1-10-12(15)14(13(10,2)3)16-9-11-7-5-4-6-8-11;2*1-4-5(8)7(6(4,2)3)12-13(9,10)11;1-4-5(8)7(9)6(4,2)3;1-4(5(7)8)6(2,3)9;1-5(4-7)6(2,3)8;1-5(2)3(6)4(8)7(5)12-13(9,10)11;1-2-4-6-5-3-1;1-4(3-6)5(7)8-2;1-8-4(7)3(5)2-6;1-3-5-4-2;4-2(1-5)3(6)7;1-2(3)4;3*1-2;;;/h4-8,10,16H,9H2,1-3H3,(H,14,15);4-8,10H,9H2,1-3H3;2*4H,1-3H3,(H,9,10,11);4,9H,1-3H3;4,9H,1-3H3,(H,7,8);5,7-8H,4H2,1-3H3;3H,6H2,1-2H3,(H,9,10,11);1-5H;4,6H,3H2,1-2H3;3,6H,2,5H2,1H3;3-4H2,1-2H3;2,5H,1,4H2,(H,6,7);1H3;1H3;2*2H,1H3;1H3;1H;/q;;;;;;;;;;;;;;;;;-1;;+2/p-2/t2*10-;4*4-;5-;3-;;4-;3-;;2-;;;;;;;/m11111111.11.1......./s1/i;;;;;;;;;;;;;;1D;;;;;. The number of aromatic nitrogens is 1. The molecule has 6 amide bonds. The summed E-state index contributed by atoms with van der Waals surface area (Å²) in [5.74, 6) is -7.48. The molecule has 846 valence electrons. The van der Waals surface area contributed by atoms with E-state index in [0.717, 1.165) is 43.6 Å². The third-order valence-corrected chi connectivity index (χ3v) is 21.8. The van der Waals surface area contributed by atoms with Gasteiger partial charge in [-0.15, -0.1) is 8.57 Å². The molecule has 6 heterocycles. The number of carboxylic acids is 2. The number of hydrogen-bond acceptors (Lipinski definition) is 40. The molecule has 145 heavy (non-hydrogen) atoms. The molecule has 5 aliphatic rings. The van der Waals surface area contributed by atoms with Crippen molar-refractivity contribution in [1.29, 1.82) is 0 Å². The number of carbonyl (C=O) groups is 11. The molecule has 1 aromatic heterocycles. The van der Waals surface area contributed by atoms with Crippen LogP contribution < -0.4 is 39.7 Å². The number of esters is 2. The summed E-state index contributed by atoms with van der Waals surface area (Å²) in [6, 6.07) is 22.3. The molecule has 5 fully saturated rings. The van der Waals surface area contributed by atoms with Crippen LogP contribution in [0.1, 0.15) is 199 Å². The number of pyridine rings is 1. The molecule has 11 atom stereocenters. The number of hydrogen-bond donors (Lipinski definition) is 18. The van der Waals surface area contributed by atoms with Crippen molar-refractivity contribution in [1.82, 2.24) is 35.8 Å². The molecule has 0 unspecified atom stereocenters. The number of halogens is 3. The Morgan fingerprint density at radius 1 is 0.538 bits per heavy atom. The van der Waals surface area contributed by atoms with E-state index >= 15 is 0 Å². The summed E-state index contributed by atoms with van der Waals surface area (Å²) in [5.41, 5.74) is 13.7. The molecule has 0 bridgehead atoms. The van der Waals surface area contributed by atoms with Crippen molar-refractivity contribution < 1.29 is 213 Å². The van der Waals surface area contributed by atoms with Crippen molar-refractivity contribution in [2.45, 2.75) is 263 Å². The number of nitrogens with one attached hydrogen (secondary N) is 1. The monoisotopic (exact) mass is 2250 g/mol. The molecule has 0 spiro atoms. The van der Waals surface area contributed by atoms with Gasteiger partial charge in [-0.3, -0.25) is 86.1 Å². The van der Waals surface area contributed by atoms with Gasteiger partial charge < -0.3 is 117 Å². The maximum absolute atomic E-state index is 11.6. The van der Waals surface area contributed by atoms with Crippen LogP contribution in [0.3, 0.4) is 0 Å². The van der Waals surface area contributed by atoms with Gasteiger partial charge in [-0.2, -0.15) is 36.3 Å².